The quantitative estimate of drug-likeness (QED) is 0.530. The van der Waals surface area contributed by atoms with E-state index < -0.39 is 6.36 Å². The van der Waals surface area contributed by atoms with Crippen molar-refractivity contribution in [3.05, 3.63) is 29.8 Å². The number of carbonyl (C=O) groups excluding carboxylic acids is 1. The van der Waals surface area contributed by atoms with Gasteiger partial charge in [-0.15, -0.1) is 13.2 Å². The Morgan fingerprint density at radius 2 is 1.95 bits per heavy atom. The van der Waals surface area contributed by atoms with E-state index in [9.17, 15) is 18.0 Å². The predicted octanol–water partition coefficient (Wildman–Crippen LogP) is 4.74. The van der Waals surface area contributed by atoms with Crippen molar-refractivity contribution >= 4 is 5.78 Å². The van der Waals surface area contributed by atoms with Crippen LogP contribution in [-0.2, 0) is 0 Å². The van der Waals surface area contributed by atoms with E-state index in [1.165, 1.54) is 18.2 Å². The summed E-state index contributed by atoms with van der Waals surface area (Å²) in [6.07, 6.45) is -0.524. The maximum Gasteiger partial charge on any atom is 0.573 e. The molecule has 0 N–H and O–H groups in total. The third-order valence-corrected chi connectivity index (χ3v) is 2.65. The van der Waals surface area contributed by atoms with E-state index in [4.69, 9.17) is 0 Å². The first-order valence-electron chi connectivity index (χ1n) is 6.31. The predicted molar refractivity (Wildman–Crippen MR) is 66.2 cm³/mol. The summed E-state index contributed by atoms with van der Waals surface area (Å²) in [7, 11) is 0. The highest BCUT2D eigenvalue weighted by molar-refractivity contribution is 5.96. The van der Waals surface area contributed by atoms with E-state index in [2.05, 4.69) is 11.7 Å². The number of halogens is 3. The molecule has 0 aliphatic rings. The van der Waals surface area contributed by atoms with Gasteiger partial charge in [0.05, 0.1) is 0 Å². The van der Waals surface area contributed by atoms with Gasteiger partial charge in [-0.3, -0.25) is 4.79 Å². The van der Waals surface area contributed by atoms with Crippen LogP contribution in [0.5, 0.6) is 5.75 Å². The van der Waals surface area contributed by atoms with E-state index in [1.807, 2.05) is 0 Å². The van der Waals surface area contributed by atoms with Crippen LogP contribution in [0.15, 0.2) is 24.3 Å². The van der Waals surface area contributed by atoms with E-state index in [1.54, 1.807) is 0 Å². The normalized spacial score (nSPS) is 11.4. The van der Waals surface area contributed by atoms with Crippen molar-refractivity contribution in [2.45, 2.75) is 45.4 Å². The molecule has 0 bridgehead atoms. The molecule has 0 saturated heterocycles. The fourth-order valence-corrected chi connectivity index (χ4v) is 1.72. The van der Waals surface area contributed by atoms with Crippen molar-refractivity contribution in [3.8, 4) is 5.75 Å². The van der Waals surface area contributed by atoms with Gasteiger partial charge in [0.1, 0.15) is 5.75 Å². The van der Waals surface area contributed by atoms with E-state index in [0.717, 1.165) is 31.7 Å². The fourth-order valence-electron chi connectivity index (χ4n) is 1.72. The number of ketones is 1. The smallest absolute Gasteiger partial charge is 0.406 e. The Morgan fingerprint density at radius 1 is 1.21 bits per heavy atom. The molecule has 106 valence electrons. The van der Waals surface area contributed by atoms with Gasteiger partial charge in [0.2, 0.25) is 0 Å². The molecular weight excluding hydrogens is 257 g/mol. The number of carbonyl (C=O) groups is 1. The summed E-state index contributed by atoms with van der Waals surface area (Å²) in [5.74, 6) is -0.504. The molecule has 0 aromatic heterocycles. The molecule has 0 aliphatic heterocycles. The van der Waals surface area contributed by atoms with Crippen molar-refractivity contribution in [1.29, 1.82) is 0 Å². The molecule has 0 unspecified atom stereocenters. The molecule has 1 rings (SSSR count). The molecule has 0 spiro atoms. The van der Waals surface area contributed by atoms with Crippen molar-refractivity contribution in [2.75, 3.05) is 0 Å². The van der Waals surface area contributed by atoms with Crippen LogP contribution in [-0.4, -0.2) is 12.1 Å². The van der Waals surface area contributed by atoms with E-state index in [0.29, 0.717) is 6.42 Å². The zero-order valence-corrected chi connectivity index (χ0v) is 10.8. The summed E-state index contributed by atoms with van der Waals surface area (Å²) in [4.78, 5) is 11.8. The molecule has 0 amide bonds. The minimum absolute atomic E-state index is 0.149. The summed E-state index contributed by atoms with van der Waals surface area (Å²) in [6.45, 7) is 2.07. The number of ether oxygens (including phenoxy) is 1. The molecule has 0 heterocycles. The zero-order valence-electron chi connectivity index (χ0n) is 10.8. The lowest BCUT2D eigenvalue weighted by atomic mass is 10.0. The number of rotatable bonds is 7. The van der Waals surface area contributed by atoms with Crippen LogP contribution >= 0.6 is 0 Å². The Hall–Kier alpha value is -1.52. The first-order chi connectivity index (χ1) is 8.92. The average Bonchev–Trinajstić information content (AvgIpc) is 2.32. The monoisotopic (exact) mass is 274 g/mol. The fraction of sp³-hybridized carbons (Fsp3) is 0.500. The number of hydrogen-bond donors (Lipinski definition) is 0. The molecule has 0 aliphatic carbocycles. The van der Waals surface area contributed by atoms with Crippen LogP contribution in [0, 0.1) is 0 Å². The van der Waals surface area contributed by atoms with Gasteiger partial charge in [-0.05, 0) is 18.6 Å². The highest BCUT2D eigenvalue weighted by atomic mass is 19.4. The van der Waals surface area contributed by atoms with Crippen molar-refractivity contribution in [2.24, 2.45) is 0 Å². The summed E-state index contributed by atoms with van der Waals surface area (Å²) in [5, 5.41) is 0. The molecule has 19 heavy (non-hydrogen) atoms. The van der Waals surface area contributed by atoms with Crippen LogP contribution in [0.1, 0.15) is 49.4 Å². The van der Waals surface area contributed by atoms with Gasteiger partial charge in [0, 0.05) is 12.0 Å². The Morgan fingerprint density at radius 3 is 2.58 bits per heavy atom. The topological polar surface area (TPSA) is 26.3 Å². The minimum atomic E-state index is -4.73. The van der Waals surface area contributed by atoms with Crippen LogP contribution < -0.4 is 4.74 Å². The van der Waals surface area contributed by atoms with E-state index >= 15 is 0 Å². The van der Waals surface area contributed by atoms with Gasteiger partial charge in [-0.2, -0.15) is 0 Å². The van der Waals surface area contributed by atoms with Crippen LogP contribution in [0.3, 0.4) is 0 Å². The van der Waals surface area contributed by atoms with Crippen molar-refractivity contribution in [1.82, 2.24) is 0 Å². The lowest BCUT2D eigenvalue weighted by Gasteiger charge is -2.09. The van der Waals surface area contributed by atoms with Gasteiger partial charge < -0.3 is 4.74 Å². The van der Waals surface area contributed by atoms with Gasteiger partial charge >= 0.3 is 6.36 Å². The highest BCUT2D eigenvalue weighted by Gasteiger charge is 2.31. The molecule has 1 aromatic carbocycles. The molecular formula is C14H17F3O2. The molecule has 0 fully saturated rings. The van der Waals surface area contributed by atoms with Crippen molar-refractivity contribution in [3.63, 3.8) is 0 Å². The summed E-state index contributed by atoms with van der Waals surface area (Å²) in [5.41, 5.74) is 0.262. The molecule has 0 saturated carbocycles. The number of hydrogen-bond acceptors (Lipinski definition) is 2. The molecule has 0 radical (unpaired) electrons. The second kappa shape index (κ2) is 7.16. The Labute approximate surface area is 110 Å². The lowest BCUT2D eigenvalue weighted by molar-refractivity contribution is -0.274. The first-order valence-corrected chi connectivity index (χ1v) is 6.31. The third-order valence-electron chi connectivity index (χ3n) is 2.65. The van der Waals surface area contributed by atoms with Crippen LogP contribution in [0.4, 0.5) is 13.2 Å². The van der Waals surface area contributed by atoms with E-state index in [-0.39, 0.29) is 17.1 Å². The maximum absolute atomic E-state index is 12.1. The number of alkyl halides is 3. The highest BCUT2D eigenvalue weighted by Crippen LogP contribution is 2.24. The number of Topliss-reactive ketones (excluding diaryl/α,β-unsaturated/α-hetero) is 1. The van der Waals surface area contributed by atoms with Gasteiger partial charge in [0.15, 0.2) is 5.78 Å². The number of benzene rings is 1. The SMILES string of the molecule is CCCCCCC(=O)c1cccc(OC(F)(F)F)c1. The van der Waals surface area contributed by atoms with Gasteiger partial charge in [-0.25, -0.2) is 0 Å². The lowest BCUT2D eigenvalue weighted by Crippen LogP contribution is -2.17. The second-order valence-electron chi connectivity index (χ2n) is 4.31. The second-order valence-corrected chi connectivity index (χ2v) is 4.31. The Balaban J connectivity index is 2.58. The average molecular weight is 274 g/mol. The summed E-state index contributed by atoms with van der Waals surface area (Å²) >= 11 is 0. The van der Waals surface area contributed by atoms with Gasteiger partial charge in [-0.1, -0.05) is 38.3 Å². The third kappa shape index (κ3) is 6.27. The molecule has 0 atom stereocenters. The summed E-state index contributed by atoms with van der Waals surface area (Å²) in [6, 6.07) is 5.21. The van der Waals surface area contributed by atoms with Gasteiger partial charge in [0.25, 0.3) is 0 Å². The Bertz CT molecular complexity index is 413. The largest absolute Gasteiger partial charge is 0.573 e. The van der Waals surface area contributed by atoms with Crippen LogP contribution in [0.25, 0.3) is 0 Å². The standard InChI is InChI=1S/C14H17F3O2/c1-2-3-4-5-9-13(18)11-7-6-8-12(10-11)19-14(15,16)17/h6-8,10H,2-5,9H2,1H3. The number of unbranched alkanes of at least 4 members (excludes halogenated alkanes) is 3. The summed E-state index contributed by atoms with van der Waals surface area (Å²) < 4.78 is 39.9. The van der Waals surface area contributed by atoms with Crippen LogP contribution in [0.2, 0.25) is 0 Å². The molecule has 5 heteroatoms. The zero-order chi connectivity index (χ0) is 14.3. The Kier molecular flexibility index (Phi) is 5.86. The molecule has 1 aromatic rings. The first kappa shape index (κ1) is 15.5. The molecule has 2 nitrogen and oxygen atoms in total. The van der Waals surface area contributed by atoms with Crippen molar-refractivity contribution < 1.29 is 22.7 Å². The minimum Gasteiger partial charge on any atom is -0.406 e. The maximum atomic E-state index is 12.1.